The van der Waals surface area contributed by atoms with E-state index in [4.69, 9.17) is 0 Å². The minimum Gasteiger partial charge on any atom is -0.262 e. The SMILES string of the molecule is CC/C(=C/S(=O)(=O)NC(=O)N(c1ccccc1)c1ccccc1)c1ccccc1. The third-order valence-corrected chi connectivity index (χ3v) is 5.34. The topological polar surface area (TPSA) is 66.5 Å². The highest BCUT2D eigenvalue weighted by atomic mass is 32.2. The van der Waals surface area contributed by atoms with E-state index in [1.54, 1.807) is 48.5 Å². The third kappa shape index (κ3) is 5.33. The zero-order valence-corrected chi connectivity index (χ0v) is 16.8. The molecule has 3 aromatic rings. The first-order valence-corrected chi connectivity index (χ1v) is 10.8. The van der Waals surface area contributed by atoms with E-state index < -0.39 is 16.1 Å². The minimum absolute atomic E-state index is 0.514. The second-order valence-electron chi connectivity index (χ2n) is 6.32. The second kappa shape index (κ2) is 9.21. The van der Waals surface area contributed by atoms with Gasteiger partial charge in [-0.3, -0.25) is 4.90 Å². The summed E-state index contributed by atoms with van der Waals surface area (Å²) >= 11 is 0. The highest BCUT2D eigenvalue weighted by Crippen LogP contribution is 2.25. The lowest BCUT2D eigenvalue weighted by atomic mass is 10.1. The van der Waals surface area contributed by atoms with Gasteiger partial charge in [0.1, 0.15) is 0 Å². The summed E-state index contributed by atoms with van der Waals surface area (Å²) in [5.41, 5.74) is 2.55. The van der Waals surface area contributed by atoms with E-state index >= 15 is 0 Å². The predicted molar refractivity (Wildman–Crippen MR) is 117 cm³/mol. The molecule has 6 heteroatoms. The molecule has 3 aromatic carbocycles. The van der Waals surface area contributed by atoms with Crippen LogP contribution in [0.4, 0.5) is 16.2 Å². The van der Waals surface area contributed by atoms with Crippen molar-refractivity contribution in [3.05, 3.63) is 102 Å². The van der Waals surface area contributed by atoms with Crippen LogP contribution in [-0.2, 0) is 10.0 Å². The molecule has 2 amide bonds. The first-order chi connectivity index (χ1) is 14.0. The Balaban J connectivity index is 1.92. The summed E-state index contributed by atoms with van der Waals surface area (Å²) in [6.45, 7) is 1.87. The molecule has 0 bridgehead atoms. The van der Waals surface area contributed by atoms with Crippen molar-refractivity contribution in [1.29, 1.82) is 0 Å². The summed E-state index contributed by atoms with van der Waals surface area (Å²) in [5, 5.41) is 1.12. The maximum atomic E-state index is 13.0. The average Bonchev–Trinajstić information content (AvgIpc) is 2.74. The Morgan fingerprint density at radius 2 is 1.28 bits per heavy atom. The van der Waals surface area contributed by atoms with Gasteiger partial charge in [0.15, 0.2) is 0 Å². The van der Waals surface area contributed by atoms with Crippen molar-refractivity contribution >= 4 is 33.0 Å². The predicted octanol–water partition coefficient (Wildman–Crippen LogP) is 5.32. The summed E-state index contributed by atoms with van der Waals surface area (Å²) in [7, 11) is -4.00. The van der Waals surface area contributed by atoms with Crippen molar-refractivity contribution in [3.8, 4) is 0 Å². The molecule has 0 fully saturated rings. The Labute approximate surface area is 171 Å². The lowest BCUT2D eigenvalue weighted by Gasteiger charge is -2.23. The summed E-state index contributed by atoms with van der Waals surface area (Å²) < 4.78 is 27.6. The first kappa shape index (κ1) is 20.4. The number of carbonyl (C=O) groups excluding carboxylic acids is 1. The van der Waals surface area contributed by atoms with Gasteiger partial charge < -0.3 is 0 Å². The normalized spacial score (nSPS) is 11.7. The van der Waals surface area contributed by atoms with E-state index in [0.29, 0.717) is 23.4 Å². The van der Waals surface area contributed by atoms with E-state index in [-0.39, 0.29) is 0 Å². The lowest BCUT2D eigenvalue weighted by Crippen LogP contribution is -2.39. The van der Waals surface area contributed by atoms with Crippen molar-refractivity contribution < 1.29 is 13.2 Å². The molecule has 0 radical (unpaired) electrons. The largest absolute Gasteiger partial charge is 0.340 e. The van der Waals surface area contributed by atoms with Crippen molar-refractivity contribution in [2.24, 2.45) is 0 Å². The number of allylic oxidation sites excluding steroid dienone is 1. The molecule has 0 spiro atoms. The molecule has 148 valence electrons. The van der Waals surface area contributed by atoms with Gasteiger partial charge >= 0.3 is 6.03 Å². The standard InChI is InChI=1S/C23H22N2O3S/c1-2-19(20-12-6-3-7-13-20)18-29(27,28)24-23(26)25(21-14-8-4-9-15-21)22-16-10-5-11-17-22/h3-18H,2H2,1H3,(H,24,26)/b19-18-. The number of urea groups is 1. The van der Waals surface area contributed by atoms with Crippen LogP contribution in [0, 0.1) is 0 Å². The zero-order chi connectivity index (χ0) is 20.7. The van der Waals surface area contributed by atoms with E-state index in [0.717, 1.165) is 11.0 Å². The Morgan fingerprint density at radius 1 is 0.828 bits per heavy atom. The Hall–Kier alpha value is -3.38. The molecule has 0 atom stereocenters. The average molecular weight is 407 g/mol. The molecule has 0 aliphatic carbocycles. The number of para-hydroxylation sites is 2. The summed E-state index contributed by atoms with van der Waals surface area (Å²) in [4.78, 5) is 14.3. The van der Waals surface area contributed by atoms with Crippen LogP contribution < -0.4 is 9.62 Å². The van der Waals surface area contributed by atoms with Gasteiger partial charge in [-0.1, -0.05) is 73.7 Å². The van der Waals surface area contributed by atoms with Gasteiger partial charge in [0.25, 0.3) is 10.0 Å². The molecule has 29 heavy (non-hydrogen) atoms. The molecule has 0 aliphatic rings. The fourth-order valence-corrected chi connectivity index (χ4v) is 4.00. The number of hydrogen-bond acceptors (Lipinski definition) is 3. The van der Waals surface area contributed by atoms with Gasteiger partial charge in [0.05, 0.1) is 16.8 Å². The minimum atomic E-state index is -4.00. The highest BCUT2D eigenvalue weighted by molar-refractivity contribution is 7.93. The number of carbonyl (C=O) groups is 1. The molecule has 0 aromatic heterocycles. The van der Waals surface area contributed by atoms with Crippen LogP contribution in [0.15, 0.2) is 96.4 Å². The maximum Gasteiger partial charge on any atom is 0.340 e. The molecule has 1 N–H and O–H groups in total. The van der Waals surface area contributed by atoms with Crippen molar-refractivity contribution in [3.63, 3.8) is 0 Å². The van der Waals surface area contributed by atoms with Gasteiger partial charge in [0.2, 0.25) is 0 Å². The molecule has 3 rings (SSSR count). The monoisotopic (exact) mass is 406 g/mol. The van der Waals surface area contributed by atoms with Crippen LogP contribution in [-0.4, -0.2) is 14.4 Å². The van der Waals surface area contributed by atoms with E-state index in [9.17, 15) is 13.2 Å². The molecular formula is C23H22N2O3S. The van der Waals surface area contributed by atoms with Crippen molar-refractivity contribution in [2.45, 2.75) is 13.3 Å². The van der Waals surface area contributed by atoms with Crippen molar-refractivity contribution in [1.82, 2.24) is 4.72 Å². The zero-order valence-electron chi connectivity index (χ0n) is 16.0. The van der Waals surface area contributed by atoms with Crippen LogP contribution in [0.1, 0.15) is 18.9 Å². The van der Waals surface area contributed by atoms with Gasteiger partial charge in [-0.05, 0) is 41.8 Å². The first-order valence-electron chi connectivity index (χ1n) is 9.23. The molecule has 0 saturated heterocycles. The number of hydrogen-bond donors (Lipinski definition) is 1. The maximum absolute atomic E-state index is 13.0. The Kier molecular flexibility index (Phi) is 6.46. The third-order valence-electron chi connectivity index (χ3n) is 4.28. The Bertz CT molecular complexity index is 1040. The number of nitrogens with one attached hydrogen (secondary N) is 1. The number of amides is 2. The Morgan fingerprint density at radius 3 is 1.72 bits per heavy atom. The van der Waals surface area contributed by atoms with Crippen LogP contribution in [0.2, 0.25) is 0 Å². The van der Waals surface area contributed by atoms with E-state index in [1.165, 1.54) is 4.90 Å². The summed E-state index contributed by atoms with van der Waals surface area (Å²) in [5.74, 6) is 0. The smallest absolute Gasteiger partial charge is 0.262 e. The number of benzene rings is 3. The molecule has 0 aliphatic heterocycles. The molecule has 0 heterocycles. The number of sulfonamides is 1. The fraction of sp³-hybridized carbons (Fsp3) is 0.0870. The number of rotatable bonds is 6. The van der Waals surface area contributed by atoms with Gasteiger partial charge in [-0.25, -0.2) is 17.9 Å². The van der Waals surface area contributed by atoms with Crippen LogP contribution in [0.25, 0.3) is 5.57 Å². The number of nitrogens with zero attached hydrogens (tertiary/aromatic N) is 1. The van der Waals surface area contributed by atoms with Gasteiger partial charge in [0, 0.05) is 0 Å². The van der Waals surface area contributed by atoms with Crippen LogP contribution in [0.5, 0.6) is 0 Å². The van der Waals surface area contributed by atoms with Gasteiger partial charge in [-0.2, -0.15) is 0 Å². The van der Waals surface area contributed by atoms with Gasteiger partial charge in [-0.15, -0.1) is 0 Å². The molecule has 0 saturated carbocycles. The molecular weight excluding hydrogens is 384 g/mol. The van der Waals surface area contributed by atoms with E-state index in [1.807, 2.05) is 49.4 Å². The summed E-state index contributed by atoms with van der Waals surface area (Å²) in [6, 6.07) is 26.3. The number of anilines is 2. The second-order valence-corrected chi connectivity index (χ2v) is 7.85. The molecule has 0 unspecified atom stereocenters. The van der Waals surface area contributed by atoms with Crippen molar-refractivity contribution in [2.75, 3.05) is 4.90 Å². The highest BCUT2D eigenvalue weighted by Gasteiger charge is 2.22. The lowest BCUT2D eigenvalue weighted by molar-refractivity contribution is 0.253. The summed E-state index contributed by atoms with van der Waals surface area (Å²) in [6.07, 6.45) is 0.514. The molecule has 5 nitrogen and oxygen atoms in total. The van der Waals surface area contributed by atoms with E-state index in [2.05, 4.69) is 4.72 Å². The fourth-order valence-electron chi connectivity index (χ4n) is 2.93. The quantitative estimate of drug-likeness (QED) is 0.603. The van der Waals surface area contributed by atoms with Crippen LogP contribution in [0.3, 0.4) is 0 Å². The van der Waals surface area contributed by atoms with Crippen LogP contribution >= 0.6 is 0 Å².